The van der Waals surface area contributed by atoms with Crippen molar-refractivity contribution in [2.24, 2.45) is 0 Å². The fraction of sp³-hybridized carbons (Fsp3) is 0.0714. The Morgan fingerprint density at radius 1 is 1.11 bits per heavy atom. The average Bonchev–Trinajstić information content (AvgIpc) is 2.31. The first-order valence-electron chi connectivity index (χ1n) is 5.56. The molecule has 0 bridgehead atoms. The van der Waals surface area contributed by atoms with E-state index in [2.05, 4.69) is 5.32 Å². The highest BCUT2D eigenvalue weighted by Gasteiger charge is 2.10. The van der Waals surface area contributed by atoms with Gasteiger partial charge in [0.15, 0.2) is 0 Å². The van der Waals surface area contributed by atoms with Crippen LogP contribution in [0.5, 0.6) is 11.5 Å². The largest absolute Gasteiger partial charge is 0.508 e. The zero-order valence-electron chi connectivity index (χ0n) is 10.1. The van der Waals surface area contributed by atoms with E-state index in [4.69, 9.17) is 11.6 Å². The molecule has 4 nitrogen and oxygen atoms in total. The van der Waals surface area contributed by atoms with Gasteiger partial charge in [0.2, 0.25) is 0 Å². The number of amides is 1. The minimum Gasteiger partial charge on any atom is -0.508 e. The number of carbonyl (C=O) groups is 1. The van der Waals surface area contributed by atoms with Crippen molar-refractivity contribution in [3.05, 3.63) is 52.5 Å². The highest BCUT2D eigenvalue weighted by atomic mass is 35.5. The van der Waals surface area contributed by atoms with Gasteiger partial charge in [-0.2, -0.15) is 0 Å². The Bertz CT molecular complexity index is 620. The number of anilines is 1. The number of aromatic hydroxyl groups is 2. The number of phenols is 2. The van der Waals surface area contributed by atoms with Crippen molar-refractivity contribution in [1.29, 1.82) is 0 Å². The van der Waals surface area contributed by atoms with E-state index in [0.717, 1.165) is 11.6 Å². The first-order chi connectivity index (χ1) is 8.95. The first kappa shape index (κ1) is 13.2. The van der Waals surface area contributed by atoms with Crippen LogP contribution in [0.4, 0.5) is 5.69 Å². The molecule has 0 fully saturated rings. The average molecular weight is 278 g/mol. The van der Waals surface area contributed by atoms with E-state index in [-0.39, 0.29) is 17.1 Å². The molecule has 3 N–H and O–H groups in total. The molecule has 2 aromatic rings. The summed E-state index contributed by atoms with van der Waals surface area (Å²) in [4.78, 5) is 12.0. The van der Waals surface area contributed by atoms with Crippen LogP contribution in [0.3, 0.4) is 0 Å². The maximum Gasteiger partial charge on any atom is 0.255 e. The van der Waals surface area contributed by atoms with Gasteiger partial charge >= 0.3 is 0 Å². The van der Waals surface area contributed by atoms with E-state index in [1.807, 2.05) is 13.0 Å². The molecular formula is C14H12ClNO3. The number of phenolic OH excluding ortho intramolecular Hbond substituents is 2. The summed E-state index contributed by atoms with van der Waals surface area (Å²) in [6.07, 6.45) is 0. The third-order valence-corrected chi connectivity index (χ3v) is 2.85. The number of hydrogen-bond donors (Lipinski definition) is 3. The molecule has 98 valence electrons. The van der Waals surface area contributed by atoms with Crippen LogP contribution in [0.1, 0.15) is 15.9 Å². The van der Waals surface area contributed by atoms with Gasteiger partial charge < -0.3 is 15.5 Å². The fourth-order valence-electron chi connectivity index (χ4n) is 1.64. The lowest BCUT2D eigenvalue weighted by Crippen LogP contribution is -2.12. The molecule has 0 atom stereocenters. The van der Waals surface area contributed by atoms with Gasteiger partial charge in [-0.1, -0.05) is 17.7 Å². The van der Waals surface area contributed by atoms with Crippen LogP contribution in [0, 0.1) is 6.92 Å². The lowest BCUT2D eigenvalue weighted by Gasteiger charge is -2.08. The summed E-state index contributed by atoms with van der Waals surface area (Å²) in [5.74, 6) is -0.822. The van der Waals surface area contributed by atoms with Gasteiger partial charge in [-0.3, -0.25) is 4.79 Å². The topological polar surface area (TPSA) is 69.6 Å². The third kappa shape index (κ3) is 3.17. The SMILES string of the molecule is Cc1ccc(NC(=O)c2cc(O)cc(O)c2)c(Cl)c1. The Kier molecular flexibility index (Phi) is 3.62. The highest BCUT2D eigenvalue weighted by molar-refractivity contribution is 6.34. The van der Waals surface area contributed by atoms with Gasteiger partial charge in [0, 0.05) is 11.6 Å². The molecule has 2 rings (SSSR count). The molecule has 0 aliphatic heterocycles. The molecule has 0 saturated carbocycles. The van der Waals surface area contributed by atoms with Crippen LogP contribution in [0.2, 0.25) is 5.02 Å². The third-order valence-electron chi connectivity index (χ3n) is 2.54. The van der Waals surface area contributed by atoms with E-state index in [1.165, 1.54) is 12.1 Å². The summed E-state index contributed by atoms with van der Waals surface area (Å²) >= 11 is 6.01. The van der Waals surface area contributed by atoms with Crippen LogP contribution in [0.25, 0.3) is 0 Å². The number of carbonyl (C=O) groups excluding carboxylic acids is 1. The Labute approximate surface area is 115 Å². The predicted octanol–water partition coefficient (Wildman–Crippen LogP) is 3.31. The predicted molar refractivity (Wildman–Crippen MR) is 73.9 cm³/mol. The first-order valence-corrected chi connectivity index (χ1v) is 5.94. The highest BCUT2D eigenvalue weighted by Crippen LogP contribution is 2.25. The second-order valence-corrected chi connectivity index (χ2v) is 4.58. The zero-order chi connectivity index (χ0) is 14.0. The van der Waals surface area contributed by atoms with E-state index in [9.17, 15) is 15.0 Å². The van der Waals surface area contributed by atoms with Crippen LogP contribution >= 0.6 is 11.6 Å². The van der Waals surface area contributed by atoms with Crippen molar-refractivity contribution < 1.29 is 15.0 Å². The lowest BCUT2D eigenvalue weighted by molar-refractivity contribution is 0.102. The molecule has 0 aliphatic carbocycles. The van der Waals surface area contributed by atoms with Crippen molar-refractivity contribution in [3.8, 4) is 11.5 Å². The van der Waals surface area contributed by atoms with Crippen molar-refractivity contribution in [1.82, 2.24) is 0 Å². The molecule has 0 spiro atoms. The van der Waals surface area contributed by atoms with Gasteiger partial charge in [-0.15, -0.1) is 0 Å². The minimum atomic E-state index is -0.461. The van der Waals surface area contributed by atoms with E-state index in [0.29, 0.717) is 10.7 Å². The summed E-state index contributed by atoms with van der Waals surface area (Å²) in [5.41, 5.74) is 1.60. The van der Waals surface area contributed by atoms with E-state index < -0.39 is 5.91 Å². The summed E-state index contributed by atoms with van der Waals surface area (Å²) in [6.45, 7) is 1.89. The number of hydrogen-bond acceptors (Lipinski definition) is 3. The number of rotatable bonds is 2. The van der Waals surface area contributed by atoms with Gasteiger partial charge in [0.1, 0.15) is 11.5 Å². The standard InChI is InChI=1S/C14H12ClNO3/c1-8-2-3-13(12(15)4-8)16-14(19)9-5-10(17)7-11(18)6-9/h2-7,17-18H,1H3,(H,16,19). The molecule has 1 amide bonds. The second kappa shape index (κ2) is 5.20. The molecule has 0 aliphatic rings. The van der Waals surface area contributed by atoms with E-state index in [1.54, 1.807) is 12.1 Å². The maximum absolute atomic E-state index is 12.0. The van der Waals surface area contributed by atoms with Gasteiger partial charge in [0.05, 0.1) is 10.7 Å². The quantitative estimate of drug-likeness (QED) is 0.789. The molecule has 0 heterocycles. The van der Waals surface area contributed by atoms with Crippen LogP contribution < -0.4 is 5.32 Å². The number of benzene rings is 2. The Hall–Kier alpha value is -2.20. The maximum atomic E-state index is 12.0. The Balaban J connectivity index is 2.25. The zero-order valence-corrected chi connectivity index (χ0v) is 10.9. The number of nitrogens with one attached hydrogen (secondary N) is 1. The summed E-state index contributed by atoms with van der Waals surface area (Å²) < 4.78 is 0. The molecule has 0 radical (unpaired) electrons. The summed E-state index contributed by atoms with van der Waals surface area (Å²) in [7, 11) is 0. The molecular weight excluding hydrogens is 266 g/mol. The van der Waals surface area contributed by atoms with Crippen LogP contribution in [-0.2, 0) is 0 Å². The van der Waals surface area contributed by atoms with Crippen molar-refractivity contribution >= 4 is 23.2 Å². The second-order valence-electron chi connectivity index (χ2n) is 4.18. The molecule has 0 unspecified atom stereocenters. The Morgan fingerprint density at radius 2 is 1.74 bits per heavy atom. The summed E-state index contributed by atoms with van der Waals surface area (Å²) in [6, 6.07) is 8.92. The smallest absolute Gasteiger partial charge is 0.255 e. The molecule has 19 heavy (non-hydrogen) atoms. The number of aryl methyl sites for hydroxylation is 1. The minimum absolute atomic E-state index is 0.147. The van der Waals surface area contributed by atoms with Crippen LogP contribution in [0.15, 0.2) is 36.4 Å². The van der Waals surface area contributed by atoms with Gasteiger partial charge in [0.25, 0.3) is 5.91 Å². The summed E-state index contributed by atoms with van der Waals surface area (Å²) in [5, 5.41) is 21.7. The molecule has 5 heteroatoms. The normalized spacial score (nSPS) is 10.2. The monoisotopic (exact) mass is 277 g/mol. The van der Waals surface area contributed by atoms with Crippen molar-refractivity contribution in [2.45, 2.75) is 6.92 Å². The van der Waals surface area contributed by atoms with Crippen LogP contribution in [-0.4, -0.2) is 16.1 Å². The molecule has 2 aromatic carbocycles. The van der Waals surface area contributed by atoms with Crippen molar-refractivity contribution in [3.63, 3.8) is 0 Å². The lowest BCUT2D eigenvalue weighted by atomic mass is 10.1. The van der Waals surface area contributed by atoms with Gasteiger partial charge in [-0.05, 0) is 36.8 Å². The molecule has 0 saturated heterocycles. The van der Waals surface area contributed by atoms with Gasteiger partial charge in [-0.25, -0.2) is 0 Å². The fourth-order valence-corrected chi connectivity index (χ4v) is 1.92. The number of halogens is 1. The Morgan fingerprint density at radius 3 is 2.32 bits per heavy atom. The van der Waals surface area contributed by atoms with E-state index >= 15 is 0 Å². The molecule has 0 aromatic heterocycles. The van der Waals surface area contributed by atoms with Crippen molar-refractivity contribution in [2.75, 3.05) is 5.32 Å².